The number of amides is 1. The van der Waals surface area contributed by atoms with Gasteiger partial charge in [0.25, 0.3) is 0 Å². The van der Waals surface area contributed by atoms with Crippen LogP contribution in [0.4, 0.5) is 0 Å². The molecule has 1 atom stereocenters. The average Bonchev–Trinajstić information content (AvgIpc) is 2.14. The van der Waals surface area contributed by atoms with Gasteiger partial charge < -0.3 is 5.11 Å². The first-order chi connectivity index (χ1) is 6.63. The van der Waals surface area contributed by atoms with Crippen molar-refractivity contribution in [2.45, 2.75) is 11.8 Å². The number of thioether (sulfide) groups is 1. The van der Waals surface area contributed by atoms with Crippen molar-refractivity contribution in [2.24, 2.45) is 0 Å². The fourth-order valence-electron chi connectivity index (χ4n) is 1.36. The molecule has 1 amide bonds. The van der Waals surface area contributed by atoms with E-state index in [0.29, 0.717) is 0 Å². The largest absolute Gasteiger partial charge is 0.477 e. The summed E-state index contributed by atoms with van der Waals surface area (Å²) in [6, 6.07) is 0. The Balaban J connectivity index is 2.42. The van der Waals surface area contributed by atoms with Crippen LogP contribution in [0.3, 0.4) is 0 Å². The number of fused-ring (bicyclic) bond motifs is 1. The summed E-state index contributed by atoms with van der Waals surface area (Å²) in [7, 11) is 0. The molecular formula is C8H5NO4S. The predicted molar refractivity (Wildman–Crippen MR) is 47.8 cm³/mol. The number of carbonyl (C=O) groups excluding carboxylic acids is 2. The van der Waals surface area contributed by atoms with Gasteiger partial charge in [0, 0.05) is 0 Å². The third-order valence-electron chi connectivity index (χ3n) is 2.02. The van der Waals surface area contributed by atoms with E-state index in [1.54, 1.807) is 5.94 Å². The molecule has 0 aromatic carbocycles. The second kappa shape index (κ2) is 3.01. The van der Waals surface area contributed by atoms with E-state index in [1.807, 2.05) is 0 Å². The zero-order valence-electron chi connectivity index (χ0n) is 6.89. The van der Waals surface area contributed by atoms with Gasteiger partial charge in [0.1, 0.15) is 11.6 Å². The van der Waals surface area contributed by atoms with Crippen LogP contribution in [0.5, 0.6) is 0 Å². The van der Waals surface area contributed by atoms with E-state index in [2.05, 4.69) is 0 Å². The summed E-state index contributed by atoms with van der Waals surface area (Å²) in [6.07, 6.45) is 1.45. The highest BCUT2D eigenvalue weighted by Gasteiger charge is 2.44. The maximum Gasteiger partial charge on any atom is 0.352 e. The summed E-state index contributed by atoms with van der Waals surface area (Å²) in [5.74, 6) is 0.221. The van der Waals surface area contributed by atoms with Crippen molar-refractivity contribution >= 4 is 29.6 Å². The number of β-lactam (4-membered cyclic amide) rings is 1. The molecule has 14 heavy (non-hydrogen) atoms. The van der Waals surface area contributed by atoms with Gasteiger partial charge in [0.15, 0.2) is 0 Å². The lowest BCUT2D eigenvalue weighted by molar-refractivity contribution is -0.145. The molecule has 6 heteroatoms. The number of nitrogens with zero attached hydrogens (tertiary/aromatic N) is 1. The Kier molecular flexibility index (Phi) is 1.94. The Labute approximate surface area is 83.1 Å². The van der Waals surface area contributed by atoms with Crippen LogP contribution in [-0.2, 0) is 14.4 Å². The molecule has 0 aromatic heterocycles. The van der Waals surface area contributed by atoms with Crippen LogP contribution < -0.4 is 0 Å². The van der Waals surface area contributed by atoms with E-state index in [0.717, 1.165) is 11.8 Å². The van der Waals surface area contributed by atoms with E-state index in [9.17, 15) is 14.4 Å². The topological polar surface area (TPSA) is 74.7 Å². The van der Waals surface area contributed by atoms with Crippen LogP contribution in [-0.4, -0.2) is 33.2 Å². The quantitative estimate of drug-likeness (QED) is 0.487. The van der Waals surface area contributed by atoms with Crippen LogP contribution in [0, 0.1) is 0 Å². The molecule has 2 rings (SSSR count). The highest BCUT2D eigenvalue weighted by molar-refractivity contribution is 8.04. The Morgan fingerprint density at radius 2 is 2.43 bits per heavy atom. The molecule has 2 aliphatic rings. The molecule has 2 aliphatic heterocycles. The third kappa shape index (κ3) is 1.16. The van der Waals surface area contributed by atoms with Gasteiger partial charge in [-0.05, 0) is 6.08 Å². The van der Waals surface area contributed by atoms with E-state index in [4.69, 9.17) is 5.11 Å². The molecule has 2 heterocycles. The fraction of sp³-hybridized carbons (Fsp3) is 0.250. The number of carbonyl (C=O) groups is 2. The smallest absolute Gasteiger partial charge is 0.352 e. The van der Waals surface area contributed by atoms with Gasteiger partial charge in [-0.15, -0.1) is 0 Å². The normalized spacial score (nSPS) is 24.7. The Morgan fingerprint density at radius 1 is 1.71 bits per heavy atom. The number of carboxylic acids is 1. The molecule has 1 fully saturated rings. The number of rotatable bonds is 1. The molecule has 0 aliphatic carbocycles. The van der Waals surface area contributed by atoms with Crippen LogP contribution in [0.2, 0.25) is 0 Å². The number of aliphatic carboxylic acids is 1. The van der Waals surface area contributed by atoms with Gasteiger partial charge >= 0.3 is 5.97 Å². The van der Waals surface area contributed by atoms with Crippen molar-refractivity contribution < 1.29 is 19.5 Å². The summed E-state index contributed by atoms with van der Waals surface area (Å²) in [4.78, 5) is 33.6. The van der Waals surface area contributed by atoms with Crippen LogP contribution in [0.1, 0.15) is 6.42 Å². The molecule has 72 valence electrons. The van der Waals surface area contributed by atoms with Crippen LogP contribution >= 0.6 is 11.8 Å². The van der Waals surface area contributed by atoms with Crippen molar-refractivity contribution in [3.05, 3.63) is 16.7 Å². The molecule has 0 aromatic rings. The lowest BCUT2D eigenvalue weighted by Gasteiger charge is -2.41. The molecule has 0 spiro atoms. The zero-order valence-corrected chi connectivity index (χ0v) is 7.71. The van der Waals surface area contributed by atoms with Gasteiger partial charge in [-0.1, -0.05) is 11.8 Å². The predicted octanol–water partition coefficient (Wildman–Crippen LogP) is -0.0244. The Bertz CT molecular complexity index is 408. The SMILES string of the molecule is O=C=C1C=C(C(=O)O)N2C(=O)C[C@H]2S1. The molecule has 0 bridgehead atoms. The van der Waals surface area contributed by atoms with Crippen molar-refractivity contribution in [1.82, 2.24) is 4.90 Å². The van der Waals surface area contributed by atoms with Gasteiger partial charge in [-0.25, -0.2) is 9.59 Å². The van der Waals surface area contributed by atoms with E-state index in [-0.39, 0.29) is 28.3 Å². The molecule has 0 unspecified atom stereocenters. The summed E-state index contributed by atoms with van der Waals surface area (Å²) in [5, 5.41) is 8.54. The lowest BCUT2D eigenvalue weighted by atomic mass is 10.1. The molecule has 1 saturated heterocycles. The van der Waals surface area contributed by atoms with Gasteiger partial charge in [0.2, 0.25) is 5.91 Å². The Morgan fingerprint density at radius 3 is 2.93 bits per heavy atom. The first kappa shape index (κ1) is 9.05. The monoisotopic (exact) mass is 211 g/mol. The van der Waals surface area contributed by atoms with E-state index < -0.39 is 5.97 Å². The van der Waals surface area contributed by atoms with Crippen molar-refractivity contribution in [3.63, 3.8) is 0 Å². The third-order valence-corrected chi connectivity index (χ3v) is 3.12. The maximum atomic E-state index is 11.1. The van der Waals surface area contributed by atoms with Crippen molar-refractivity contribution in [2.75, 3.05) is 0 Å². The van der Waals surface area contributed by atoms with Crippen molar-refractivity contribution in [1.29, 1.82) is 0 Å². The highest BCUT2D eigenvalue weighted by Crippen LogP contribution is 2.41. The average molecular weight is 211 g/mol. The Hall–Kier alpha value is -1.52. The number of hydrogen-bond acceptors (Lipinski definition) is 4. The lowest BCUT2D eigenvalue weighted by Crippen LogP contribution is -2.52. The number of allylic oxidation sites excluding steroid dienone is 1. The minimum Gasteiger partial charge on any atom is -0.477 e. The molecule has 0 radical (unpaired) electrons. The van der Waals surface area contributed by atoms with Gasteiger partial charge in [-0.2, -0.15) is 0 Å². The zero-order chi connectivity index (χ0) is 10.3. The van der Waals surface area contributed by atoms with E-state index >= 15 is 0 Å². The van der Waals surface area contributed by atoms with Crippen LogP contribution in [0.25, 0.3) is 0 Å². The summed E-state index contributed by atoms with van der Waals surface area (Å²) >= 11 is 1.16. The second-order valence-corrected chi connectivity index (χ2v) is 4.06. The fourth-order valence-corrected chi connectivity index (χ4v) is 2.45. The molecular weight excluding hydrogens is 206 g/mol. The minimum absolute atomic E-state index is 0.136. The highest BCUT2D eigenvalue weighted by atomic mass is 32.2. The van der Waals surface area contributed by atoms with Crippen molar-refractivity contribution in [3.8, 4) is 0 Å². The summed E-state index contributed by atoms with van der Waals surface area (Å²) < 4.78 is 0. The first-order valence-electron chi connectivity index (χ1n) is 3.82. The molecule has 5 nitrogen and oxygen atoms in total. The van der Waals surface area contributed by atoms with Gasteiger partial charge in [0.05, 0.1) is 16.7 Å². The summed E-state index contributed by atoms with van der Waals surface area (Å²) in [5.41, 5.74) is -0.136. The van der Waals surface area contributed by atoms with Gasteiger partial charge in [-0.3, -0.25) is 9.69 Å². The van der Waals surface area contributed by atoms with E-state index in [1.165, 1.54) is 11.0 Å². The number of carboxylic acid groups (broad SMARTS) is 1. The second-order valence-electron chi connectivity index (χ2n) is 2.84. The molecule has 0 saturated carbocycles. The maximum absolute atomic E-state index is 11.1. The minimum atomic E-state index is -1.20. The molecule has 1 N–H and O–H groups in total. The summed E-state index contributed by atoms with van der Waals surface area (Å²) in [6.45, 7) is 0. The number of hydrogen-bond donors (Lipinski definition) is 1. The first-order valence-corrected chi connectivity index (χ1v) is 4.70. The van der Waals surface area contributed by atoms with Crippen LogP contribution in [0.15, 0.2) is 16.7 Å². The standard InChI is InChI=1S/C8H5NO4S/c10-3-4-1-5(8(12)13)9-6(11)2-7(9)14-4/h1,7H,2H2,(H,12,13)/t7-/m1/s1.